The van der Waals surface area contributed by atoms with Gasteiger partial charge in [-0.1, -0.05) is 48.5 Å². The molecule has 0 spiro atoms. The van der Waals surface area contributed by atoms with Crippen molar-refractivity contribution in [2.24, 2.45) is 0 Å². The molecule has 0 saturated heterocycles. The topological polar surface area (TPSA) is 67.5 Å². The van der Waals surface area contributed by atoms with E-state index >= 15 is 0 Å². The van der Waals surface area contributed by atoms with Crippen LogP contribution < -0.4 is 9.30 Å². The molecule has 1 N–H and O–H groups in total. The highest BCUT2D eigenvalue weighted by Gasteiger charge is 2.21. The molecule has 0 amide bonds. The zero-order chi connectivity index (χ0) is 16.9. The van der Waals surface area contributed by atoms with Gasteiger partial charge in [0.25, 0.3) is 0 Å². The van der Waals surface area contributed by atoms with Gasteiger partial charge in [0.15, 0.2) is 12.8 Å². The summed E-state index contributed by atoms with van der Waals surface area (Å²) >= 11 is 0. The molecule has 0 aliphatic carbocycles. The molecule has 0 atom stereocenters. The number of pyridine rings is 1. The number of ether oxygens (including phenoxy) is 1. The molecule has 3 rings (SSSR count). The maximum absolute atomic E-state index is 12.4. The van der Waals surface area contributed by atoms with Crippen molar-refractivity contribution in [1.29, 1.82) is 0 Å². The number of fused-ring (bicyclic) bond motifs is 1. The molecule has 0 saturated carbocycles. The Hall–Kier alpha value is -3.21. The number of carbonyl (C=O) groups is 2. The van der Waals surface area contributed by atoms with Crippen LogP contribution in [0.1, 0.15) is 10.4 Å². The van der Waals surface area contributed by atoms with Gasteiger partial charge in [-0.2, -0.15) is 4.57 Å². The van der Waals surface area contributed by atoms with E-state index in [1.54, 1.807) is 35.0 Å². The number of Topliss-reactive ketones (excluding diaryl/α,β-unsaturated/α-hetero) is 1. The first-order chi connectivity index (χ1) is 11.6. The summed E-state index contributed by atoms with van der Waals surface area (Å²) < 4.78 is 7.10. The predicted octanol–water partition coefficient (Wildman–Crippen LogP) is 2.47. The fraction of sp³-hybridized carbons (Fsp3) is 0.105. The van der Waals surface area contributed by atoms with Gasteiger partial charge in [0.1, 0.15) is 0 Å². The van der Waals surface area contributed by atoms with Crippen molar-refractivity contribution < 1.29 is 24.0 Å². The first-order valence-electron chi connectivity index (χ1n) is 7.49. The summed E-state index contributed by atoms with van der Waals surface area (Å²) in [5.41, 5.74) is 0.599. The Morgan fingerprint density at radius 1 is 0.958 bits per heavy atom. The second-order valence-corrected chi connectivity index (χ2v) is 5.31. The fourth-order valence-electron chi connectivity index (χ4n) is 2.52. The van der Waals surface area contributed by atoms with Crippen LogP contribution >= 0.6 is 0 Å². The average Bonchev–Trinajstić information content (AvgIpc) is 2.61. The second kappa shape index (κ2) is 6.91. The highest BCUT2D eigenvalue weighted by molar-refractivity contribution is 5.95. The van der Waals surface area contributed by atoms with Gasteiger partial charge in [-0.15, -0.1) is 0 Å². The summed E-state index contributed by atoms with van der Waals surface area (Å²) in [7, 11) is 0. The van der Waals surface area contributed by atoms with Gasteiger partial charge in [-0.25, -0.2) is 4.79 Å². The third-order valence-electron chi connectivity index (χ3n) is 3.63. The number of aliphatic carboxylic acids is 1. The summed E-state index contributed by atoms with van der Waals surface area (Å²) in [6.45, 7) is -0.392. The summed E-state index contributed by atoms with van der Waals surface area (Å²) in [4.78, 5) is 23.3. The molecular formula is C19H16NO4+. The van der Waals surface area contributed by atoms with Crippen LogP contribution in [0, 0.1) is 0 Å². The summed E-state index contributed by atoms with van der Waals surface area (Å²) in [6, 6.07) is 18.3. The van der Waals surface area contributed by atoms with Crippen LogP contribution in [-0.4, -0.2) is 23.5 Å². The Bertz CT molecular complexity index is 890. The van der Waals surface area contributed by atoms with Crippen LogP contribution in [-0.2, 0) is 11.3 Å². The van der Waals surface area contributed by atoms with E-state index in [1.807, 2.05) is 36.4 Å². The summed E-state index contributed by atoms with van der Waals surface area (Å²) in [5.74, 6) is -0.764. The van der Waals surface area contributed by atoms with Gasteiger partial charge in [0.05, 0.1) is 5.39 Å². The molecule has 5 nitrogen and oxygen atoms in total. The Labute approximate surface area is 138 Å². The minimum Gasteiger partial charge on any atom is -0.479 e. The molecule has 0 aliphatic rings. The number of rotatable bonds is 6. The lowest BCUT2D eigenvalue weighted by molar-refractivity contribution is -0.687. The normalized spacial score (nSPS) is 10.5. The van der Waals surface area contributed by atoms with Gasteiger partial charge in [-0.05, 0) is 11.5 Å². The smallest absolute Gasteiger partial charge is 0.376 e. The van der Waals surface area contributed by atoms with E-state index in [9.17, 15) is 9.59 Å². The van der Waals surface area contributed by atoms with Gasteiger partial charge in [0, 0.05) is 11.6 Å². The van der Waals surface area contributed by atoms with Crippen molar-refractivity contribution in [3.63, 3.8) is 0 Å². The van der Waals surface area contributed by atoms with Gasteiger partial charge in [0.2, 0.25) is 12.3 Å². The Morgan fingerprint density at radius 3 is 2.42 bits per heavy atom. The van der Waals surface area contributed by atoms with Crippen LogP contribution in [0.15, 0.2) is 66.9 Å². The van der Waals surface area contributed by atoms with Crippen molar-refractivity contribution in [3.8, 4) is 5.88 Å². The standard InChI is InChI=1S/C19H15NO4/c21-17(15-7-2-1-3-8-15)12-20-11-10-14-6-4-5-9-16(14)19(20)24-13-18(22)23/h1-11H,12-13H2/p+1. The fourth-order valence-corrected chi connectivity index (χ4v) is 2.52. The van der Waals surface area contributed by atoms with Crippen LogP contribution in [0.4, 0.5) is 0 Å². The number of hydrogen-bond acceptors (Lipinski definition) is 3. The van der Waals surface area contributed by atoms with Crippen molar-refractivity contribution in [3.05, 3.63) is 72.4 Å². The molecule has 1 aromatic heterocycles. The second-order valence-electron chi connectivity index (χ2n) is 5.31. The van der Waals surface area contributed by atoms with Crippen molar-refractivity contribution in [2.75, 3.05) is 6.61 Å². The zero-order valence-corrected chi connectivity index (χ0v) is 12.9. The SMILES string of the molecule is O=C(O)COc1c2ccccc2cc[n+]1CC(=O)c1ccccc1. The van der Waals surface area contributed by atoms with Crippen molar-refractivity contribution in [2.45, 2.75) is 6.54 Å². The maximum Gasteiger partial charge on any atom is 0.376 e. The van der Waals surface area contributed by atoms with Gasteiger partial charge >= 0.3 is 11.8 Å². The molecule has 5 heteroatoms. The molecule has 1 heterocycles. The van der Waals surface area contributed by atoms with Crippen LogP contribution in [0.5, 0.6) is 5.88 Å². The van der Waals surface area contributed by atoms with Crippen molar-refractivity contribution >= 4 is 22.5 Å². The minimum atomic E-state index is -1.07. The largest absolute Gasteiger partial charge is 0.479 e. The Kier molecular flexibility index (Phi) is 4.52. The number of nitrogens with zero attached hydrogens (tertiary/aromatic N) is 1. The molecule has 3 aromatic rings. The zero-order valence-electron chi connectivity index (χ0n) is 12.9. The first-order valence-corrected chi connectivity index (χ1v) is 7.49. The average molecular weight is 322 g/mol. The van der Waals surface area contributed by atoms with E-state index in [-0.39, 0.29) is 12.3 Å². The molecule has 0 aliphatic heterocycles. The monoisotopic (exact) mass is 322 g/mol. The Balaban J connectivity index is 1.98. The number of ketones is 1. The first kappa shape index (κ1) is 15.7. The van der Waals surface area contributed by atoms with Crippen molar-refractivity contribution in [1.82, 2.24) is 0 Å². The number of carboxylic acid groups (broad SMARTS) is 1. The highest BCUT2D eigenvalue weighted by atomic mass is 16.5. The lowest BCUT2D eigenvalue weighted by Gasteiger charge is -2.07. The number of benzene rings is 2. The van der Waals surface area contributed by atoms with Gasteiger partial charge in [-0.3, -0.25) is 4.79 Å². The molecule has 120 valence electrons. The van der Waals surface area contributed by atoms with Crippen LogP contribution in [0.25, 0.3) is 10.8 Å². The molecule has 0 fully saturated rings. The molecule has 24 heavy (non-hydrogen) atoms. The third kappa shape index (κ3) is 3.41. The van der Waals surface area contributed by atoms with Crippen LogP contribution in [0.2, 0.25) is 0 Å². The van der Waals surface area contributed by atoms with Gasteiger partial charge < -0.3 is 9.84 Å². The number of carboxylic acids is 1. The lowest BCUT2D eigenvalue weighted by Crippen LogP contribution is -2.40. The van der Waals surface area contributed by atoms with E-state index < -0.39 is 12.6 Å². The maximum atomic E-state index is 12.4. The summed E-state index contributed by atoms with van der Waals surface area (Å²) in [6.07, 6.45) is 1.74. The van der Waals surface area contributed by atoms with E-state index in [4.69, 9.17) is 9.84 Å². The molecule has 0 radical (unpaired) electrons. The molecule has 0 unspecified atom stereocenters. The minimum absolute atomic E-state index is 0.0731. The van der Waals surface area contributed by atoms with E-state index in [0.29, 0.717) is 11.4 Å². The van der Waals surface area contributed by atoms with E-state index in [0.717, 1.165) is 10.8 Å². The van der Waals surface area contributed by atoms with E-state index in [2.05, 4.69) is 0 Å². The quantitative estimate of drug-likeness (QED) is 0.559. The summed E-state index contributed by atoms with van der Waals surface area (Å²) in [5, 5.41) is 10.6. The van der Waals surface area contributed by atoms with Crippen LogP contribution in [0.3, 0.4) is 0 Å². The molecule has 0 bridgehead atoms. The molecular weight excluding hydrogens is 306 g/mol. The predicted molar refractivity (Wildman–Crippen MR) is 88.0 cm³/mol. The number of hydrogen-bond donors (Lipinski definition) is 1. The highest BCUT2D eigenvalue weighted by Crippen LogP contribution is 2.21. The lowest BCUT2D eigenvalue weighted by atomic mass is 10.1. The third-order valence-corrected chi connectivity index (χ3v) is 3.63. The number of aromatic nitrogens is 1. The molecule has 2 aromatic carbocycles. The Morgan fingerprint density at radius 2 is 1.67 bits per heavy atom. The van der Waals surface area contributed by atoms with E-state index in [1.165, 1.54) is 0 Å². The number of carbonyl (C=O) groups excluding carboxylic acids is 1.